The van der Waals surface area contributed by atoms with E-state index in [9.17, 15) is 14.0 Å². The van der Waals surface area contributed by atoms with E-state index >= 15 is 0 Å². The van der Waals surface area contributed by atoms with Crippen LogP contribution in [0.5, 0.6) is 0 Å². The molecule has 4 nitrogen and oxygen atoms in total. The van der Waals surface area contributed by atoms with E-state index in [1.54, 1.807) is 6.92 Å². The third-order valence-corrected chi connectivity index (χ3v) is 2.76. The Morgan fingerprint density at radius 1 is 1.64 bits per heavy atom. The van der Waals surface area contributed by atoms with E-state index in [4.69, 9.17) is 0 Å². The molecule has 0 aliphatic carbocycles. The molecule has 0 saturated carbocycles. The van der Waals surface area contributed by atoms with Crippen LogP contribution in [-0.2, 0) is 14.3 Å². The molecule has 6 heteroatoms. The lowest BCUT2D eigenvalue weighted by Gasteiger charge is -2.21. The van der Waals surface area contributed by atoms with Gasteiger partial charge in [0.05, 0.1) is 11.9 Å². The minimum Gasteiger partial charge on any atom is -0.438 e. The number of methoxy groups -OCH3 is 1. The summed E-state index contributed by atoms with van der Waals surface area (Å²) in [7, 11) is 1.11. The molecule has 0 amide bonds. The topological polar surface area (TPSA) is 52.6 Å². The molecule has 0 heterocycles. The van der Waals surface area contributed by atoms with Crippen molar-refractivity contribution in [2.75, 3.05) is 7.11 Å². The average molecular weight is 271 g/mol. The summed E-state index contributed by atoms with van der Waals surface area (Å²) in [5.74, 6) is 0. The molecule has 0 bridgehead atoms. The first-order chi connectivity index (χ1) is 6.56. The van der Waals surface area contributed by atoms with E-state index in [0.29, 0.717) is 6.42 Å². The van der Waals surface area contributed by atoms with Crippen molar-refractivity contribution < 1.29 is 23.5 Å². The first kappa shape index (κ1) is 13.4. The van der Waals surface area contributed by atoms with E-state index in [1.807, 2.05) is 0 Å². The highest BCUT2D eigenvalue weighted by atomic mass is 79.9. The highest BCUT2D eigenvalue weighted by molar-refractivity contribution is 9.09. The molecule has 0 aromatic rings. The lowest BCUT2D eigenvalue weighted by Crippen LogP contribution is -2.36. The SMILES string of the molecule is CC[C@H](Br)[C@@H](OC(=O)OC)[C@H](F)C=O. The molecule has 0 fully saturated rings. The summed E-state index contributed by atoms with van der Waals surface area (Å²) >= 11 is 3.11. The minimum absolute atomic E-state index is 0.0948. The summed E-state index contributed by atoms with van der Waals surface area (Å²) < 4.78 is 21.8. The van der Waals surface area contributed by atoms with Crippen LogP contribution >= 0.6 is 15.9 Å². The second-order valence-electron chi connectivity index (χ2n) is 2.54. The molecule has 0 saturated heterocycles. The van der Waals surface area contributed by atoms with Gasteiger partial charge in [0, 0.05) is 0 Å². The summed E-state index contributed by atoms with van der Waals surface area (Å²) in [5, 5.41) is 0. The van der Waals surface area contributed by atoms with Gasteiger partial charge in [0.1, 0.15) is 0 Å². The maximum Gasteiger partial charge on any atom is 0.508 e. The molecule has 82 valence electrons. The van der Waals surface area contributed by atoms with Gasteiger partial charge in [-0.2, -0.15) is 0 Å². The van der Waals surface area contributed by atoms with Crippen LogP contribution in [-0.4, -0.2) is 36.7 Å². The standard InChI is InChI=1S/C8H12BrFO4/c1-3-5(9)7(6(10)4-11)14-8(12)13-2/h4-7H,3H2,1-2H3/t5-,6+,7+/m0/s1. The molecule has 14 heavy (non-hydrogen) atoms. The van der Waals surface area contributed by atoms with Crippen LogP contribution in [0.25, 0.3) is 0 Å². The molecule has 0 unspecified atom stereocenters. The lowest BCUT2D eigenvalue weighted by atomic mass is 10.1. The van der Waals surface area contributed by atoms with Crippen LogP contribution in [0.15, 0.2) is 0 Å². The largest absolute Gasteiger partial charge is 0.508 e. The molecule has 0 aromatic heterocycles. The van der Waals surface area contributed by atoms with Crippen LogP contribution in [0.3, 0.4) is 0 Å². The fourth-order valence-corrected chi connectivity index (χ4v) is 1.21. The molecule has 0 N–H and O–H groups in total. The summed E-state index contributed by atoms with van der Waals surface area (Å²) in [5.41, 5.74) is 0. The molecule has 0 radical (unpaired) electrons. The van der Waals surface area contributed by atoms with Crippen molar-refractivity contribution in [1.29, 1.82) is 0 Å². The zero-order chi connectivity index (χ0) is 11.1. The van der Waals surface area contributed by atoms with Gasteiger partial charge in [-0.05, 0) is 6.42 Å². The van der Waals surface area contributed by atoms with Crippen molar-refractivity contribution in [2.45, 2.75) is 30.4 Å². The number of alkyl halides is 2. The van der Waals surface area contributed by atoms with Gasteiger partial charge < -0.3 is 9.47 Å². The molecule has 0 spiro atoms. The number of ether oxygens (including phenoxy) is 2. The highest BCUT2D eigenvalue weighted by Crippen LogP contribution is 2.18. The third kappa shape index (κ3) is 4.04. The average Bonchev–Trinajstić information content (AvgIpc) is 2.23. The summed E-state index contributed by atoms with van der Waals surface area (Å²) in [6.07, 6.45) is -3.38. The maximum absolute atomic E-state index is 13.0. The number of hydrogen-bond acceptors (Lipinski definition) is 4. The highest BCUT2D eigenvalue weighted by Gasteiger charge is 2.30. The molecule has 0 aliphatic heterocycles. The number of carbonyl (C=O) groups excluding carboxylic acids is 2. The van der Waals surface area contributed by atoms with Crippen molar-refractivity contribution in [3.63, 3.8) is 0 Å². The second-order valence-corrected chi connectivity index (χ2v) is 3.72. The number of hydrogen-bond donors (Lipinski definition) is 0. The zero-order valence-corrected chi connectivity index (χ0v) is 9.49. The molecule has 0 aromatic carbocycles. The summed E-state index contributed by atoms with van der Waals surface area (Å²) in [4.78, 5) is 20.5. The van der Waals surface area contributed by atoms with Gasteiger partial charge in [-0.3, -0.25) is 4.79 Å². The quantitative estimate of drug-likeness (QED) is 0.435. The van der Waals surface area contributed by atoms with Gasteiger partial charge in [0.2, 0.25) is 0 Å². The number of halogens is 2. The Balaban J connectivity index is 4.38. The van der Waals surface area contributed by atoms with E-state index in [2.05, 4.69) is 25.4 Å². The van der Waals surface area contributed by atoms with Crippen LogP contribution in [0.4, 0.5) is 9.18 Å². The summed E-state index contributed by atoms with van der Waals surface area (Å²) in [6.45, 7) is 1.77. The predicted octanol–water partition coefficient (Wildman–Crippen LogP) is 1.85. The van der Waals surface area contributed by atoms with E-state index in [0.717, 1.165) is 7.11 Å². The normalized spacial score (nSPS) is 16.6. The van der Waals surface area contributed by atoms with Gasteiger partial charge in [-0.15, -0.1) is 0 Å². The Kier molecular flexibility index (Phi) is 6.44. The van der Waals surface area contributed by atoms with Crippen LogP contribution in [0.2, 0.25) is 0 Å². The monoisotopic (exact) mass is 270 g/mol. The third-order valence-electron chi connectivity index (χ3n) is 1.59. The molecule has 0 rings (SSSR count). The van der Waals surface area contributed by atoms with Gasteiger partial charge in [-0.1, -0.05) is 22.9 Å². The predicted molar refractivity (Wildman–Crippen MR) is 51.2 cm³/mol. The zero-order valence-electron chi connectivity index (χ0n) is 7.91. The first-order valence-electron chi connectivity index (χ1n) is 4.04. The Morgan fingerprint density at radius 2 is 2.21 bits per heavy atom. The lowest BCUT2D eigenvalue weighted by molar-refractivity contribution is -0.116. The number of aldehydes is 1. The minimum atomic E-state index is -1.85. The number of carbonyl (C=O) groups is 2. The molecule has 0 aliphatic rings. The fourth-order valence-electron chi connectivity index (χ4n) is 0.807. The van der Waals surface area contributed by atoms with E-state index in [1.165, 1.54) is 0 Å². The Hall–Kier alpha value is -0.650. The van der Waals surface area contributed by atoms with E-state index in [-0.39, 0.29) is 6.29 Å². The summed E-state index contributed by atoms with van der Waals surface area (Å²) in [6, 6.07) is 0. The van der Waals surface area contributed by atoms with Crippen molar-refractivity contribution in [2.24, 2.45) is 0 Å². The maximum atomic E-state index is 13.0. The number of rotatable bonds is 5. The second kappa shape index (κ2) is 6.75. The van der Waals surface area contributed by atoms with Crippen LogP contribution < -0.4 is 0 Å². The Bertz CT molecular complexity index is 200. The van der Waals surface area contributed by atoms with Gasteiger partial charge in [0.25, 0.3) is 0 Å². The van der Waals surface area contributed by atoms with Crippen LogP contribution in [0.1, 0.15) is 13.3 Å². The van der Waals surface area contributed by atoms with Gasteiger partial charge >= 0.3 is 6.16 Å². The molecular formula is C8H12BrFO4. The Morgan fingerprint density at radius 3 is 2.57 bits per heavy atom. The van der Waals surface area contributed by atoms with Crippen LogP contribution in [0, 0.1) is 0 Å². The first-order valence-corrected chi connectivity index (χ1v) is 4.96. The van der Waals surface area contributed by atoms with Crippen molar-refractivity contribution in [3.05, 3.63) is 0 Å². The smallest absolute Gasteiger partial charge is 0.438 e. The van der Waals surface area contributed by atoms with Crippen molar-refractivity contribution in [3.8, 4) is 0 Å². The molecular weight excluding hydrogens is 259 g/mol. The Labute approximate surface area is 89.9 Å². The molecule has 3 atom stereocenters. The van der Waals surface area contributed by atoms with Gasteiger partial charge in [-0.25, -0.2) is 9.18 Å². The fraction of sp³-hybridized carbons (Fsp3) is 0.750. The van der Waals surface area contributed by atoms with Gasteiger partial charge in [0.15, 0.2) is 18.6 Å². The van der Waals surface area contributed by atoms with Crippen molar-refractivity contribution >= 4 is 28.4 Å². The van der Waals surface area contributed by atoms with Crippen molar-refractivity contribution in [1.82, 2.24) is 0 Å². The van der Waals surface area contributed by atoms with E-state index < -0.39 is 23.3 Å².